The summed E-state index contributed by atoms with van der Waals surface area (Å²) in [5.74, 6) is -0.885. The van der Waals surface area contributed by atoms with Gasteiger partial charge in [0.05, 0.1) is 13.1 Å². The summed E-state index contributed by atoms with van der Waals surface area (Å²) in [6.45, 7) is 3.61. The second-order valence-corrected chi connectivity index (χ2v) is 5.68. The van der Waals surface area contributed by atoms with E-state index in [1.54, 1.807) is 12.1 Å². The average Bonchev–Trinajstić information content (AvgIpc) is 3.25. The van der Waals surface area contributed by atoms with Crippen LogP contribution in [-0.2, 0) is 9.59 Å². The molecule has 1 fully saturated rings. The zero-order chi connectivity index (χ0) is 16.1. The normalized spacial score (nSPS) is 13.4. The quantitative estimate of drug-likeness (QED) is 0.712. The number of rotatable bonds is 6. The van der Waals surface area contributed by atoms with Crippen molar-refractivity contribution in [3.05, 3.63) is 34.9 Å². The molecule has 0 heterocycles. The minimum absolute atomic E-state index is 0.0608. The first-order chi connectivity index (χ1) is 10.4. The van der Waals surface area contributed by atoms with E-state index >= 15 is 0 Å². The number of nitrogens with one attached hydrogen (secondary N) is 3. The van der Waals surface area contributed by atoms with Crippen molar-refractivity contribution in [2.24, 2.45) is 0 Å². The highest BCUT2D eigenvalue weighted by Crippen LogP contribution is 2.18. The molecule has 3 N–H and O–H groups in total. The maximum Gasteiger partial charge on any atom is 0.251 e. The van der Waals surface area contributed by atoms with Crippen molar-refractivity contribution in [3.63, 3.8) is 0 Å². The summed E-state index contributed by atoms with van der Waals surface area (Å²) in [6.07, 6.45) is 2.01. The van der Waals surface area contributed by atoms with E-state index in [-0.39, 0.29) is 36.9 Å². The van der Waals surface area contributed by atoms with E-state index < -0.39 is 0 Å². The van der Waals surface area contributed by atoms with Gasteiger partial charge in [0, 0.05) is 11.6 Å². The summed E-state index contributed by atoms with van der Waals surface area (Å²) >= 11 is 0. The van der Waals surface area contributed by atoms with Crippen molar-refractivity contribution in [1.82, 2.24) is 16.0 Å². The predicted octanol–water partition coefficient (Wildman–Crippen LogP) is 0.428. The van der Waals surface area contributed by atoms with Gasteiger partial charge in [-0.25, -0.2) is 0 Å². The van der Waals surface area contributed by atoms with E-state index in [0.717, 1.165) is 24.0 Å². The third-order valence-corrected chi connectivity index (χ3v) is 3.28. The molecule has 6 nitrogen and oxygen atoms in total. The number of hydrogen-bond acceptors (Lipinski definition) is 3. The topological polar surface area (TPSA) is 87.3 Å². The van der Waals surface area contributed by atoms with Crippen LogP contribution < -0.4 is 16.0 Å². The van der Waals surface area contributed by atoms with Crippen LogP contribution in [0.3, 0.4) is 0 Å². The Balaban J connectivity index is 1.72. The summed E-state index contributed by atoms with van der Waals surface area (Å²) in [7, 11) is 0. The molecule has 0 aromatic heterocycles. The maximum absolute atomic E-state index is 12.0. The molecule has 0 spiro atoms. The molecule has 0 bridgehead atoms. The molecule has 1 aromatic rings. The molecule has 2 rings (SSSR count). The molecule has 0 atom stereocenters. The van der Waals surface area contributed by atoms with E-state index in [1.165, 1.54) is 0 Å². The highest BCUT2D eigenvalue weighted by Gasteiger charge is 2.23. The van der Waals surface area contributed by atoms with Crippen LogP contribution in [0.15, 0.2) is 18.2 Å². The van der Waals surface area contributed by atoms with Gasteiger partial charge < -0.3 is 16.0 Å². The first-order valence-electron chi connectivity index (χ1n) is 7.36. The molecule has 3 amide bonds. The third-order valence-electron chi connectivity index (χ3n) is 3.28. The Labute approximate surface area is 129 Å². The lowest BCUT2D eigenvalue weighted by molar-refractivity contribution is -0.125. The monoisotopic (exact) mass is 303 g/mol. The molecule has 6 heteroatoms. The number of benzene rings is 1. The van der Waals surface area contributed by atoms with Gasteiger partial charge in [-0.1, -0.05) is 17.2 Å². The van der Waals surface area contributed by atoms with E-state index in [2.05, 4.69) is 16.0 Å². The summed E-state index contributed by atoms with van der Waals surface area (Å²) < 4.78 is 0. The lowest BCUT2D eigenvalue weighted by atomic mass is 10.1. The second kappa shape index (κ2) is 7.06. The molecule has 0 aliphatic heterocycles. The fourth-order valence-corrected chi connectivity index (χ4v) is 2.12. The maximum atomic E-state index is 12.0. The van der Waals surface area contributed by atoms with Crippen molar-refractivity contribution >= 4 is 17.7 Å². The Hall–Kier alpha value is -2.37. The van der Waals surface area contributed by atoms with Crippen molar-refractivity contribution in [1.29, 1.82) is 0 Å². The first kappa shape index (κ1) is 16.0. The Bertz CT molecular complexity index is 574. The Morgan fingerprint density at radius 2 is 1.55 bits per heavy atom. The SMILES string of the molecule is Cc1cc(C)cc(C(=O)NCC(=O)NCC(=O)NC2CC2)c1. The minimum Gasteiger partial charge on any atom is -0.352 e. The van der Waals surface area contributed by atoms with Gasteiger partial charge in [-0.05, 0) is 38.8 Å². The first-order valence-corrected chi connectivity index (χ1v) is 7.36. The standard InChI is InChI=1S/C16H21N3O3/c1-10-5-11(2)7-12(6-10)16(22)18-8-14(20)17-9-15(21)19-13-3-4-13/h5-7,13H,3-4,8-9H2,1-2H3,(H,17,20)(H,18,22)(H,19,21). The minimum atomic E-state index is -0.385. The summed E-state index contributed by atoms with van der Waals surface area (Å²) in [4.78, 5) is 35.0. The Kier molecular flexibility index (Phi) is 5.14. The molecule has 0 radical (unpaired) electrons. The van der Waals surface area contributed by atoms with Gasteiger partial charge in [0.2, 0.25) is 11.8 Å². The summed E-state index contributed by atoms with van der Waals surface area (Å²) in [5.41, 5.74) is 2.51. The van der Waals surface area contributed by atoms with Gasteiger partial charge in [0.1, 0.15) is 0 Å². The highest BCUT2D eigenvalue weighted by molar-refractivity contribution is 5.97. The van der Waals surface area contributed by atoms with E-state index in [9.17, 15) is 14.4 Å². The summed E-state index contributed by atoms with van der Waals surface area (Å²) in [6, 6.07) is 5.78. The number of carbonyl (C=O) groups excluding carboxylic acids is 3. The Morgan fingerprint density at radius 3 is 2.14 bits per heavy atom. The van der Waals surface area contributed by atoms with E-state index in [4.69, 9.17) is 0 Å². The largest absolute Gasteiger partial charge is 0.352 e. The van der Waals surface area contributed by atoms with Gasteiger partial charge in [0.25, 0.3) is 5.91 Å². The van der Waals surface area contributed by atoms with Crippen molar-refractivity contribution in [2.45, 2.75) is 32.7 Å². The molecular formula is C16H21N3O3. The molecule has 118 valence electrons. The van der Waals surface area contributed by atoms with E-state index in [0.29, 0.717) is 5.56 Å². The molecule has 22 heavy (non-hydrogen) atoms. The zero-order valence-electron chi connectivity index (χ0n) is 12.9. The number of aryl methyl sites for hydroxylation is 2. The van der Waals surface area contributed by atoms with Crippen molar-refractivity contribution < 1.29 is 14.4 Å². The van der Waals surface area contributed by atoms with Gasteiger partial charge in [0.15, 0.2) is 0 Å². The lowest BCUT2D eigenvalue weighted by Crippen LogP contribution is -2.42. The molecular weight excluding hydrogens is 282 g/mol. The smallest absolute Gasteiger partial charge is 0.251 e. The van der Waals surface area contributed by atoms with Gasteiger partial charge in [-0.2, -0.15) is 0 Å². The third kappa shape index (κ3) is 5.20. The highest BCUT2D eigenvalue weighted by atomic mass is 16.2. The number of carbonyl (C=O) groups is 3. The Morgan fingerprint density at radius 1 is 0.955 bits per heavy atom. The van der Waals surface area contributed by atoms with Crippen LogP contribution in [0.4, 0.5) is 0 Å². The zero-order valence-corrected chi connectivity index (χ0v) is 12.9. The van der Waals surface area contributed by atoms with Crippen LogP contribution in [0.25, 0.3) is 0 Å². The average molecular weight is 303 g/mol. The van der Waals surface area contributed by atoms with Crippen molar-refractivity contribution in [2.75, 3.05) is 13.1 Å². The fourth-order valence-electron chi connectivity index (χ4n) is 2.12. The fraction of sp³-hybridized carbons (Fsp3) is 0.438. The van der Waals surface area contributed by atoms with Crippen LogP contribution in [0.5, 0.6) is 0 Å². The van der Waals surface area contributed by atoms with Crippen LogP contribution >= 0.6 is 0 Å². The van der Waals surface area contributed by atoms with E-state index in [1.807, 2.05) is 19.9 Å². The molecule has 1 aliphatic carbocycles. The predicted molar refractivity (Wildman–Crippen MR) is 82.4 cm³/mol. The van der Waals surface area contributed by atoms with Gasteiger partial charge in [-0.15, -0.1) is 0 Å². The molecule has 1 aromatic carbocycles. The van der Waals surface area contributed by atoms with Gasteiger partial charge in [-0.3, -0.25) is 14.4 Å². The van der Waals surface area contributed by atoms with Crippen molar-refractivity contribution in [3.8, 4) is 0 Å². The number of amides is 3. The van der Waals surface area contributed by atoms with Crippen LogP contribution in [0.1, 0.15) is 34.3 Å². The summed E-state index contributed by atoms with van der Waals surface area (Å²) in [5, 5.41) is 7.80. The van der Waals surface area contributed by atoms with Crippen LogP contribution in [0, 0.1) is 13.8 Å². The lowest BCUT2D eigenvalue weighted by Gasteiger charge is -2.08. The van der Waals surface area contributed by atoms with Crippen LogP contribution in [-0.4, -0.2) is 36.9 Å². The second-order valence-electron chi connectivity index (χ2n) is 5.68. The molecule has 1 saturated carbocycles. The number of hydrogen-bond donors (Lipinski definition) is 3. The van der Waals surface area contributed by atoms with Crippen LogP contribution in [0.2, 0.25) is 0 Å². The van der Waals surface area contributed by atoms with Gasteiger partial charge >= 0.3 is 0 Å². The molecule has 0 unspecified atom stereocenters. The molecule has 0 saturated heterocycles. The molecule has 1 aliphatic rings.